The number of fused-ring (bicyclic) bond motifs is 2. The van der Waals surface area contributed by atoms with Crippen LogP contribution in [0, 0.1) is 0 Å². The molecule has 4 aromatic rings. The Kier molecular flexibility index (Phi) is 14.6. The smallest absolute Gasteiger partial charge is 0.387 e. The van der Waals surface area contributed by atoms with Crippen molar-refractivity contribution < 1.29 is 113 Å². The summed E-state index contributed by atoms with van der Waals surface area (Å²) in [5.41, 5.74) is 10.4. The quantitative estimate of drug-likeness (QED) is 0.0335. The zero-order chi connectivity index (χ0) is 51.7. The van der Waals surface area contributed by atoms with E-state index in [9.17, 15) is 67.8 Å². The minimum Gasteiger partial charge on any atom is -0.387 e. The number of ether oxygens (including phenoxy) is 3. The van der Waals surface area contributed by atoms with Gasteiger partial charge in [0, 0.05) is 12.3 Å². The number of H-pyrrole nitrogens is 1. The minimum atomic E-state index is -6.23. The summed E-state index contributed by atoms with van der Waals surface area (Å²) in [6.07, 6.45) is -16.9. The maximum Gasteiger partial charge on any atom is 0.490 e. The van der Waals surface area contributed by atoms with Gasteiger partial charge in [-0.15, -0.1) is 0 Å². The van der Waals surface area contributed by atoms with Crippen LogP contribution in [0.5, 0.6) is 0 Å². The molecule has 3 fully saturated rings. The lowest BCUT2D eigenvalue weighted by molar-refractivity contribution is -0.646. The number of aliphatic hydroxyl groups excluding tert-OH is 4. The SMILES string of the molecule is C=C1NC(=O)C=CN1[C@@H]1O[C@H](COP(=O)(O)OC2[C@@H](COP(=O)(O)OP(=O)(O)OP(=O)(O)OC[C@H]3O[C@@H](n4c[n+](C)c5c(=O)[nH]c(N)nc54)C(O)[C@H]3O)O[C@@H](n3cnc4c(N)ncnc43)[C@H]2F)C(O)[C@@H]1O. The van der Waals surface area contributed by atoms with Crippen molar-refractivity contribution in [2.45, 2.75) is 73.7 Å². The molecule has 4 aliphatic heterocycles. The summed E-state index contributed by atoms with van der Waals surface area (Å²) in [6.45, 7) is 0.00795. The highest BCUT2D eigenvalue weighted by atomic mass is 31.3. The third kappa shape index (κ3) is 11.0. The first-order chi connectivity index (χ1) is 33.1. The summed E-state index contributed by atoms with van der Waals surface area (Å²) in [6, 6.07) is 0. The van der Waals surface area contributed by atoms with Crippen LogP contribution in [-0.2, 0) is 71.0 Å². The number of carbonyl (C=O) groups excluding carboxylic acids is 1. The van der Waals surface area contributed by atoms with E-state index >= 15 is 4.39 Å². The molecule has 390 valence electrons. The highest BCUT2D eigenvalue weighted by Gasteiger charge is 2.54. The highest BCUT2D eigenvalue weighted by Crippen LogP contribution is 2.68. The van der Waals surface area contributed by atoms with Crippen molar-refractivity contribution in [2.75, 3.05) is 31.3 Å². The number of aromatic amines is 1. The number of nitrogens with two attached hydrogens (primary N) is 2. The normalized spacial score (nSPS) is 32.5. The Bertz CT molecular complexity index is 3020. The molecule has 0 spiro atoms. The van der Waals surface area contributed by atoms with Crippen molar-refractivity contribution >= 4 is 71.3 Å². The van der Waals surface area contributed by atoms with Crippen LogP contribution >= 0.6 is 31.3 Å². The molecule has 7 unspecified atom stereocenters. The average Bonchev–Trinajstić information content (AvgIpc) is 4.05. The Hall–Kier alpha value is -4.58. The number of aryl methyl sites for hydroxylation is 1. The van der Waals surface area contributed by atoms with E-state index in [1.54, 1.807) is 0 Å². The number of phosphoric acid groups is 4. The first kappa shape index (κ1) is 52.7. The summed E-state index contributed by atoms with van der Waals surface area (Å²) >= 11 is 0. The molecule has 14 N–H and O–H groups in total. The van der Waals surface area contributed by atoms with Gasteiger partial charge < -0.3 is 75.9 Å². The topological polar surface area (TPSA) is 496 Å². The molecule has 0 saturated carbocycles. The van der Waals surface area contributed by atoms with Crippen LogP contribution in [0.25, 0.3) is 22.3 Å². The number of amides is 1. The molecule has 40 heteroatoms. The number of hydrogen-bond donors (Lipinski definition) is 12. The van der Waals surface area contributed by atoms with Gasteiger partial charge in [0.05, 0.1) is 33.2 Å². The second-order valence-electron chi connectivity index (χ2n) is 15.6. The van der Waals surface area contributed by atoms with Gasteiger partial charge in [-0.2, -0.15) is 18.2 Å². The van der Waals surface area contributed by atoms with E-state index in [-0.39, 0.29) is 39.9 Å². The molecule has 3 saturated heterocycles. The third-order valence-electron chi connectivity index (χ3n) is 10.8. The van der Waals surface area contributed by atoms with Gasteiger partial charge >= 0.3 is 36.9 Å². The Morgan fingerprint density at radius 3 is 2.00 bits per heavy atom. The van der Waals surface area contributed by atoms with Gasteiger partial charge in [-0.05, 0) is 0 Å². The molecule has 4 aliphatic rings. The molecule has 1 amide bonds. The zero-order valence-corrected chi connectivity index (χ0v) is 39.3. The molecule has 0 radical (unpaired) electrons. The van der Waals surface area contributed by atoms with E-state index in [0.29, 0.717) is 0 Å². The van der Waals surface area contributed by atoms with Crippen molar-refractivity contribution in [2.24, 2.45) is 7.05 Å². The summed E-state index contributed by atoms with van der Waals surface area (Å²) in [4.78, 5) is 84.9. The summed E-state index contributed by atoms with van der Waals surface area (Å²) in [5, 5.41) is 45.0. The number of hydrogen-bond acceptors (Lipinski definition) is 26. The molecule has 8 heterocycles. The second-order valence-corrected chi connectivity index (χ2v) is 21.6. The van der Waals surface area contributed by atoms with Gasteiger partial charge in [-0.1, -0.05) is 6.58 Å². The van der Waals surface area contributed by atoms with E-state index < -0.39 is 136 Å². The molecule has 35 nitrogen and oxygen atoms in total. The number of rotatable bonds is 18. The number of nitrogens with zero attached hydrogens (tertiary/aromatic N) is 8. The summed E-state index contributed by atoms with van der Waals surface area (Å²) < 4.78 is 116. The number of anilines is 2. The van der Waals surface area contributed by atoms with Gasteiger partial charge in [0.25, 0.3) is 17.1 Å². The van der Waals surface area contributed by atoms with Crippen molar-refractivity contribution in [3.8, 4) is 0 Å². The van der Waals surface area contributed by atoms with Crippen LogP contribution in [-0.4, -0.2) is 166 Å². The monoisotopic (exact) mass is 1090 g/mol. The molecule has 0 aromatic carbocycles. The van der Waals surface area contributed by atoms with E-state index in [0.717, 1.165) is 32.8 Å². The number of aromatic nitrogens is 8. The maximum atomic E-state index is 16.4. The standard InChI is InChI=1S/C31H41FN12O23P4/c1-11-38-15(45)3-4-42(11)29-21(48)19(46)12(62-29)5-59-68(51,52)65-23-14(64-28(16(23)32)43-9-37-17-24(33)35-8-36-25(17)43)7-61-70(55,56)67-71(57,58)66-69(53,54)60-6-13-20(47)22(49)30(63-13)44-10-41(2)18-26(44)39-31(34)40-27(18)50/h3-4,8-10,12-14,16,19-23,28-30,46-49H,1,5-7H2,2H3,(H9-,33,34,35,36,38,39,40,45,50,51,52,53,54,55,56,57,58)/p+1/t12-,13-,14-,16+,19?,20+,21+,22?,23?,28-,29-,30-/m1/s1. The summed E-state index contributed by atoms with van der Waals surface area (Å²) in [5.74, 6) is -1.10. The van der Waals surface area contributed by atoms with E-state index in [2.05, 4.69) is 50.0 Å². The predicted molar refractivity (Wildman–Crippen MR) is 224 cm³/mol. The zero-order valence-electron chi connectivity index (χ0n) is 35.7. The first-order valence-electron chi connectivity index (χ1n) is 20.0. The Balaban J connectivity index is 0.912. The van der Waals surface area contributed by atoms with Crippen LogP contribution in [0.15, 0.2) is 48.5 Å². The molecular formula is C31H42FN12O23P4+. The average molecular weight is 1090 g/mol. The van der Waals surface area contributed by atoms with Crippen LogP contribution in [0.2, 0.25) is 0 Å². The molecule has 16 atom stereocenters. The Labute approximate surface area is 394 Å². The lowest BCUT2D eigenvalue weighted by atomic mass is 10.1. The van der Waals surface area contributed by atoms with Gasteiger partial charge in [-0.25, -0.2) is 42.2 Å². The highest BCUT2D eigenvalue weighted by molar-refractivity contribution is 7.66. The number of nitrogens with one attached hydrogen (secondary N) is 2. The lowest BCUT2D eigenvalue weighted by Crippen LogP contribution is -2.46. The molecular weight excluding hydrogens is 1050 g/mol. The molecule has 8 rings (SSSR count). The number of carbonyl (C=O) groups is 1. The predicted octanol–water partition coefficient (Wildman–Crippen LogP) is -3.86. The maximum absolute atomic E-state index is 16.4. The third-order valence-corrected chi connectivity index (χ3v) is 16.0. The number of halogens is 1. The van der Waals surface area contributed by atoms with Crippen molar-refractivity contribution in [1.82, 2.24) is 44.3 Å². The fourth-order valence-corrected chi connectivity index (χ4v) is 12.1. The molecule has 0 aliphatic carbocycles. The van der Waals surface area contributed by atoms with Crippen molar-refractivity contribution in [3.63, 3.8) is 0 Å². The molecule has 0 bridgehead atoms. The van der Waals surface area contributed by atoms with Gasteiger partial charge in [-0.3, -0.25) is 37.2 Å². The largest absolute Gasteiger partial charge is 0.490 e. The van der Waals surface area contributed by atoms with E-state index in [4.69, 9.17) is 39.2 Å². The van der Waals surface area contributed by atoms with Gasteiger partial charge in [0.2, 0.25) is 18.5 Å². The Morgan fingerprint density at radius 1 is 0.789 bits per heavy atom. The lowest BCUT2D eigenvalue weighted by Gasteiger charge is -2.32. The van der Waals surface area contributed by atoms with E-state index in [1.807, 2.05) is 0 Å². The van der Waals surface area contributed by atoms with Gasteiger partial charge in [0.15, 0.2) is 30.1 Å². The number of aliphatic hydroxyl groups is 4. The first-order valence-corrected chi connectivity index (χ1v) is 26.0. The van der Waals surface area contributed by atoms with Crippen LogP contribution in [0.3, 0.4) is 0 Å². The van der Waals surface area contributed by atoms with Gasteiger partial charge in [0.1, 0.15) is 66.5 Å². The van der Waals surface area contributed by atoms with Crippen molar-refractivity contribution in [1.29, 1.82) is 0 Å². The van der Waals surface area contributed by atoms with Crippen LogP contribution < -0.4 is 26.9 Å². The molecule has 71 heavy (non-hydrogen) atoms. The fourth-order valence-electron chi connectivity index (χ4n) is 7.62. The minimum absolute atomic E-state index is 0.0318. The number of alkyl halides is 1. The summed E-state index contributed by atoms with van der Waals surface area (Å²) in [7, 11) is -22.2. The number of phosphoric ester groups is 3. The van der Waals surface area contributed by atoms with Crippen LogP contribution in [0.1, 0.15) is 12.5 Å². The second kappa shape index (κ2) is 19.7. The molecule has 4 aromatic heterocycles. The Morgan fingerprint density at radius 2 is 1.37 bits per heavy atom. The number of nitrogen functional groups attached to an aromatic ring is 2. The van der Waals surface area contributed by atoms with Crippen LogP contribution in [0.4, 0.5) is 16.2 Å². The number of imidazole rings is 2. The fraction of sp³-hybridized carbons (Fsp3) is 0.516. The van der Waals surface area contributed by atoms with Crippen molar-refractivity contribution in [3.05, 3.63) is 54.0 Å². The van der Waals surface area contributed by atoms with E-state index in [1.165, 1.54) is 24.1 Å².